The van der Waals surface area contributed by atoms with Gasteiger partial charge in [0, 0.05) is 17.9 Å². The summed E-state index contributed by atoms with van der Waals surface area (Å²) in [4.78, 5) is 20.9. The zero-order valence-corrected chi connectivity index (χ0v) is 11.2. The minimum Gasteiger partial charge on any atom is -0.481 e. The number of carboxylic acids is 1. The number of amides is 1. The maximum Gasteiger partial charge on any atom is 0.307 e. The zero-order valence-electron chi connectivity index (χ0n) is 9.59. The molecule has 17 heavy (non-hydrogen) atoms. The van der Waals surface area contributed by atoms with E-state index in [2.05, 4.69) is 0 Å². The van der Waals surface area contributed by atoms with Gasteiger partial charge in [0.2, 0.25) is 5.91 Å². The number of sulfone groups is 1. The van der Waals surface area contributed by atoms with Crippen LogP contribution in [-0.2, 0) is 19.4 Å². The summed E-state index contributed by atoms with van der Waals surface area (Å²) in [6, 6.07) is 0. The summed E-state index contributed by atoms with van der Waals surface area (Å²) in [5.41, 5.74) is 4.85. The van der Waals surface area contributed by atoms with Crippen molar-refractivity contribution in [2.24, 2.45) is 11.7 Å². The number of aliphatic carboxylic acids is 1. The Bertz CT molecular complexity index is 366. The van der Waals surface area contributed by atoms with Crippen LogP contribution in [0.2, 0.25) is 0 Å². The summed E-state index contributed by atoms with van der Waals surface area (Å²) in [5, 5.41) is 8.60. The summed E-state index contributed by atoms with van der Waals surface area (Å²) < 4.78 is 22.8. The molecule has 0 rings (SSSR count). The normalized spacial score (nSPS) is 13.2. The number of hydrogen-bond acceptors (Lipinski definition) is 5. The first-order chi connectivity index (χ1) is 7.74. The summed E-state index contributed by atoms with van der Waals surface area (Å²) >= 11 is 1.27. The van der Waals surface area contributed by atoms with Gasteiger partial charge in [-0.1, -0.05) is 6.92 Å². The Labute approximate surface area is 105 Å². The van der Waals surface area contributed by atoms with Gasteiger partial charge in [-0.25, -0.2) is 8.42 Å². The van der Waals surface area contributed by atoms with Crippen LogP contribution in [0.4, 0.5) is 0 Å². The van der Waals surface area contributed by atoms with Crippen molar-refractivity contribution in [1.29, 1.82) is 0 Å². The first-order valence-corrected chi connectivity index (χ1v) is 8.01. The van der Waals surface area contributed by atoms with Gasteiger partial charge in [-0.15, -0.1) is 0 Å². The Morgan fingerprint density at radius 3 is 2.41 bits per heavy atom. The molecule has 3 N–H and O–H groups in total. The van der Waals surface area contributed by atoms with E-state index in [4.69, 9.17) is 10.8 Å². The number of carbonyl (C=O) groups is 2. The van der Waals surface area contributed by atoms with E-state index in [9.17, 15) is 18.0 Å². The molecule has 0 fully saturated rings. The molecule has 0 spiro atoms. The van der Waals surface area contributed by atoms with Gasteiger partial charge in [0.15, 0.2) is 9.84 Å². The molecule has 0 saturated carbocycles. The van der Waals surface area contributed by atoms with E-state index in [1.54, 1.807) is 6.92 Å². The van der Waals surface area contributed by atoms with Crippen LogP contribution >= 0.6 is 11.8 Å². The van der Waals surface area contributed by atoms with E-state index in [1.165, 1.54) is 11.8 Å². The van der Waals surface area contributed by atoms with Gasteiger partial charge in [0.25, 0.3) is 0 Å². The van der Waals surface area contributed by atoms with Crippen LogP contribution in [0.25, 0.3) is 0 Å². The van der Waals surface area contributed by atoms with Crippen molar-refractivity contribution >= 4 is 33.5 Å². The second kappa shape index (κ2) is 7.54. The third-order valence-electron chi connectivity index (χ3n) is 1.99. The Morgan fingerprint density at radius 2 is 1.94 bits per heavy atom. The zero-order chi connectivity index (χ0) is 13.5. The van der Waals surface area contributed by atoms with E-state index in [1.807, 2.05) is 0 Å². The maximum absolute atomic E-state index is 11.4. The molecule has 8 heteroatoms. The van der Waals surface area contributed by atoms with Gasteiger partial charge < -0.3 is 10.8 Å². The molecule has 0 aromatic rings. The SMILES string of the molecule is CC(CSCCS(=O)(=O)CCC(N)=O)C(=O)O. The smallest absolute Gasteiger partial charge is 0.307 e. The van der Waals surface area contributed by atoms with E-state index in [-0.39, 0.29) is 17.9 Å². The van der Waals surface area contributed by atoms with Gasteiger partial charge >= 0.3 is 5.97 Å². The van der Waals surface area contributed by atoms with Crippen molar-refractivity contribution < 1.29 is 23.1 Å². The molecule has 0 aliphatic heterocycles. The predicted molar refractivity (Wildman–Crippen MR) is 66.6 cm³/mol. The van der Waals surface area contributed by atoms with Crippen molar-refractivity contribution in [2.45, 2.75) is 13.3 Å². The molecule has 100 valence electrons. The van der Waals surface area contributed by atoms with Gasteiger partial charge in [-0.3, -0.25) is 9.59 Å². The van der Waals surface area contributed by atoms with Crippen LogP contribution in [-0.4, -0.2) is 48.4 Å². The fraction of sp³-hybridized carbons (Fsp3) is 0.778. The molecule has 0 aromatic carbocycles. The lowest BCUT2D eigenvalue weighted by atomic mass is 10.2. The average molecular weight is 283 g/mol. The summed E-state index contributed by atoms with van der Waals surface area (Å²) in [6.45, 7) is 1.57. The van der Waals surface area contributed by atoms with Crippen LogP contribution in [0.15, 0.2) is 0 Å². The summed E-state index contributed by atoms with van der Waals surface area (Å²) in [7, 11) is -3.26. The quantitative estimate of drug-likeness (QED) is 0.563. The highest BCUT2D eigenvalue weighted by Gasteiger charge is 2.14. The molecule has 1 amide bonds. The molecule has 0 saturated heterocycles. The molecule has 0 heterocycles. The first-order valence-electron chi connectivity index (χ1n) is 5.04. The van der Waals surface area contributed by atoms with Crippen LogP contribution < -0.4 is 5.73 Å². The largest absolute Gasteiger partial charge is 0.481 e. The lowest BCUT2D eigenvalue weighted by Gasteiger charge is -2.06. The molecular weight excluding hydrogens is 266 g/mol. The van der Waals surface area contributed by atoms with Crippen molar-refractivity contribution in [2.75, 3.05) is 23.0 Å². The first kappa shape index (κ1) is 16.2. The lowest BCUT2D eigenvalue weighted by Crippen LogP contribution is -2.20. The third kappa shape index (κ3) is 8.99. The molecule has 0 aliphatic rings. The third-order valence-corrected chi connectivity index (χ3v) is 5.13. The van der Waals surface area contributed by atoms with Gasteiger partial charge in [-0.05, 0) is 0 Å². The van der Waals surface area contributed by atoms with Gasteiger partial charge in [-0.2, -0.15) is 11.8 Å². The van der Waals surface area contributed by atoms with Crippen LogP contribution in [0, 0.1) is 5.92 Å². The highest BCUT2D eigenvalue weighted by atomic mass is 32.2. The number of carboxylic acid groups (broad SMARTS) is 1. The van der Waals surface area contributed by atoms with E-state index in [0.717, 1.165) is 0 Å². The topological polar surface area (TPSA) is 115 Å². The number of nitrogens with two attached hydrogens (primary N) is 1. The van der Waals surface area contributed by atoms with Crippen LogP contribution in [0.1, 0.15) is 13.3 Å². The highest BCUT2D eigenvalue weighted by molar-refractivity contribution is 8.00. The van der Waals surface area contributed by atoms with Crippen LogP contribution in [0.5, 0.6) is 0 Å². The molecule has 0 aromatic heterocycles. The van der Waals surface area contributed by atoms with Crippen molar-refractivity contribution in [1.82, 2.24) is 0 Å². The minimum absolute atomic E-state index is 0.0582. The summed E-state index contributed by atoms with van der Waals surface area (Å²) in [5.74, 6) is -1.61. The van der Waals surface area contributed by atoms with Crippen molar-refractivity contribution in [3.63, 3.8) is 0 Å². The second-order valence-electron chi connectivity index (χ2n) is 3.68. The fourth-order valence-electron chi connectivity index (χ4n) is 0.875. The van der Waals surface area contributed by atoms with Crippen molar-refractivity contribution in [3.8, 4) is 0 Å². The standard InChI is InChI=1S/C9H17NO5S2/c1-7(9(12)13)6-16-3-5-17(14,15)4-2-8(10)11/h7H,2-6H2,1H3,(H2,10,11)(H,12,13). The number of rotatable bonds is 9. The number of hydrogen-bond donors (Lipinski definition) is 2. The number of carbonyl (C=O) groups excluding carboxylic acids is 1. The Hall–Kier alpha value is -0.760. The molecule has 1 unspecified atom stereocenters. The van der Waals surface area contributed by atoms with Gasteiger partial charge in [0.05, 0.1) is 17.4 Å². The summed E-state index contributed by atoms with van der Waals surface area (Å²) in [6.07, 6.45) is -0.168. The Balaban J connectivity index is 3.80. The Morgan fingerprint density at radius 1 is 1.35 bits per heavy atom. The van der Waals surface area contributed by atoms with E-state index < -0.39 is 27.6 Å². The molecule has 0 aliphatic carbocycles. The average Bonchev–Trinajstić information content (AvgIpc) is 2.21. The maximum atomic E-state index is 11.4. The highest BCUT2D eigenvalue weighted by Crippen LogP contribution is 2.09. The minimum atomic E-state index is -3.26. The molecular formula is C9H17NO5S2. The monoisotopic (exact) mass is 283 g/mol. The predicted octanol–water partition coefficient (Wildman–Crippen LogP) is -0.269. The molecule has 6 nitrogen and oxygen atoms in total. The number of primary amides is 1. The second-order valence-corrected chi connectivity index (χ2v) is 7.14. The lowest BCUT2D eigenvalue weighted by molar-refractivity contribution is -0.140. The van der Waals surface area contributed by atoms with Crippen molar-refractivity contribution in [3.05, 3.63) is 0 Å². The van der Waals surface area contributed by atoms with Crippen LogP contribution in [0.3, 0.4) is 0 Å². The Kier molecular flexibility index (Phi) is 7.21. The fourth-order valence-corrected chi connectivity index (χ4v) is 3.74. The molecule has 0 bridgehead atoms. The number of thioether (sulfide) groups is 1. The molecule has 0 radical (unpaired) electrons. The molecule has 1 atom stereocenters. The van der Waals surface area contributed by atoms with E-state index >= 15 is 0 Å². The van der Waals surface area contributed by atoms with Gasteiger partial charge in [0.1, 0.15) is 0 Å². The van der Waals surface area contributed by atoms with E-state index in [0.29, 0.717) is 11.5 Å².